The van der Waals surface area contributed by atoms with E-state index in [1.165, 1.54) is 19.3 Å². The maximum atomic E-state index is 14.8. The summed E-state index contributed by atoms with van der Waals surface area (Å²) >= 11 is 0. The quantitative estimate of drug-likeness (QED) is 0.258. The summed E-state index contributed by atoms with van der Waals surface area (Å²) in [6.45, 7) is 53.3. The molecule has 27 atom stereocenters. The minimum Gasteiger partial charge on any atom is -0.414 e. The van der Waals surface area contributed by atoms with E-state index in [4.69, 9.17) is 37.3 Å². The normalized spacial score (nSPS) is 50.5. The lowest BCUT2D eigenvalue weighted by Crippen LogP contribution is -2.63. The molecule has 0 aromatic rings. The molecule has 12 unspecified atom stereocenters. The van der Waals surface area contributed by atoms with Crippen molar-refractivity contribution in [3.63, 3.8) is 0 Å². The fourth-order valence-electron chi connectivity index (χ4n) is 27.0. The SMILES string of the molecule is C/C(F)=C1/CCC2C3C(CC[C@]12C)[C@@]1(C)CC[C@H](O)CC1[C@H]1OC(C)(C)O[C@H]31.C/C(F)=C1/CCC2C3C(CC[C@]12C)[C@@]1(C)CC[C@H](O[Si](C)(C)C(C)(C)C)CC1[C@H]1OC(C)(C)O[C@H]31.CC1(C)O[C@@H]2C3C(CC[C@]4(C)/C(=C(/F)CO)CCC34)[C@@]3(C)CC[C@H](O[Si](C)(C)C(C)(C)C)CC3[C@H]2O1. The van der Waals surface area contributed by atoms with Gasteiger partial charge in [-0.3, -0.25) is 0 Å². The average Bonchev–Trinajstić information content (AvgIpc) is 1.64. The first-order valence-electron chi connectivity index (χ1n) is 40.4. The van der Waals surface area contributed by atoms with Crippen molar-refractivity contribution in [2.45, 2.75) is 382 Å². The van der Waals surface area contributed by atoms with Gasteiger partial charge in [-0.25, -0.2) is 13.2 Å². The molecule has 0 bridgehead atoms. The van der Waals surface area contributed by atoms with E-state index in [1.807, 2.05) is 13.8 Å². The fourth-order valence-corrected chi connectivity index (χ4v) is 29.8. The van der Waals surface area contributed by atoms with Crippen molar-refractivity contribution in [3.8, 4) is 0 Å². The van der Waals surface area contributed by atoms with E-state index in [2.05, 4.69) is 137 Å². The number of ether oxygens (including phenoxy) is 6. The Morgan fingerprint density at radius 2 is 0.697 bits per heavy atom. The molecule has 3 saturated heterocycles. The Bertz CT molecular complexity index is 3140. The summed E-state index contributed by atoms with van der Waals surface area (Å²) < 4.78 is 98.1. The molecule has 12 saturated carbocycles. The second kappa shape index (κ2) is 25.3. The number of allylic oxidation sites excluding steroid dienone is 5. The molecule has 3 aliphatic heterocycles. The minimum absolute atomic E-state index is 0.0213. The molecule has 10 nitrogen and oxygen atoms in total. The summed E-state index contributed by atoms with van der Waals surface area (Å²) in [5.41, 5.74) is 3.42. The lowest BCUT2D eigenvalue weighted by molar-refractivity contribution is -0.182. The smallest absolute Gasteiger partial charge is 0.192 e. The molecule has 12 aliphatic carbocycles. The van der Waals surface area contributed by atoms with Gasteiger partial charge in [0.1, 0.15) is 5.83 Å². The number of fused-ring (bicyclic) bond motifs is 24. The van der Waals surface area contributed by atoms with Crippen LogP contribution >= 0.6 is 0 Å². The zero-order valence-corrected chi connectivity index (χ0v) is 68.5. The highest BCUT2D eigenvalue weighted by atomic mass is 28.4. The summed E-state index contributed by atoms with van der Waals surface area (Å²) in [4.78, 5) is 0. The second-order valence-electron chi connectivity index (χ2n) is 41.9. The number of hydrogen-bond acceptors (Lipinski definition) is 10. The van der Waals surface area contributed by atoms with E-state index in [9.17, 15) is 23.4 Å². The van der Waals surface area contributed by atoms with Crippen molar-refractivity contribution in [2.24, 2.45) is 104 Å². The molecule has 15 rings (SSSR count). The molecule has 0 spiro atoms. The van der Waals surface area contributed by atoms with Crippen molar-refractivity contribution < 1.29 is 60.7 Å². The Hall–Kier alpha value is -0.956. The molecule has 0 amide bonds. The highest BCUT2D eigenvalue weighted by Crippen LogP contribution is 2.74. The standard InChI is InChI=1S/C30H51FO4Si.C30H51FO3Si.C24H37FO3/c1-27(2,3)36(8,9)35-18-12-14-30(7)21-13-15-29(6)19(23(31)17-32)10-11-20(29)24(21)26-25(22(30)16-18)33-28(4,5)34-26;1-18(31)20-11-12-21-24-22(14-16-29(20,21)7)30(8)15-13-19(34-35(9,10)27(2,3)4)17-23(30)25-26(24)33-28(5,6)32-25;1-13(25)15-6-7-16-19-17(9-11-23(15,16)4)24(5)10-8-14(26)12-18(24)20-21(19)28-22(2,3)27-20/h18,20-22,24-26,32H,10-17H2,1-9H3;19,21-26H,11-17H2,1-10H3;14,16-21,26H,6-12H2,1-5H3/b23-19+;20-18+;15-13+/t18-,20?,21?,22?,24?,25+,26+,29+,30+;19-,21?,22?,23?,24?,25+,26+,29+,30+;14-,16?,17?,18?,19?,20+,21+,23+,24+/m000/s1. The van der Waals surface area contributed by atoms with Crippen LogP contribution in [0.4, 0.5) is 13.2 Å². The summed E-state index contributed by atoms with van der Waals surface area (Å²) in [7, 11) is -3.68. The van der Waals surface area contributed by atoms with Gasteiger partial charge in [-0.15, -0.1) is 0 Å². The van der Waals surface area contributed by atoms with E-state index in [1.54, 1.807) is 13.8 Å². The van der Waals surface area contributed by atoms with Crippen LogP contribution in [0.5, 0.6) is 0 Å². The predicted molar refractivity (Wildman–Crippen MR) is 392 cm³/mol. The summed E-state index contributed by atoms with van der Waals surface area (Å²) in [5.74, 6) is 3.70. The zero-order valence-electron chi connectivity index (χ0n) is 66.5. The maximum absolute atomic E-state index is 14.8. The number of rotatable bonds is 5. The molecule has 2 N–H and O–H groups in total. The Morgan fingerprint density at radius 1 is 0.404 bits per heavy atom. The van der Waals surface area contributed by atoms with Gasteiger partial charge in [-0.05, 0) is 347 Å². The van der Waals surface area contributed by atoms with Gasteiger partial charge in [0.25, 0.3) is 0 Å². The predicted octanol–water partition coefficient (Wildman–Crippen LogP) is 21.2. The Labute approximate surface area is 600 Å². The molecule has 15 aliphatic rings. The Morgan fingerprint density at radius 3 is 1.01 bits per heavy atom. The minimum atomic E-state index is -1.85. The third kappa shape index (κ3) is 12.4. The van der Waals surface area contributed by atoms with Crippen LogP contribution in [0.25, 0.3) is 0 Å². The van der Waals surface area contributed by atoms with Gasteiger partial charge < -0.3 is 47.5 Å². The van der Waals surface area contributed by atoms with Gasteiger partial charge in [0.2, 0.25) is 0 Å². The monoisotopic (exact) mass is 1420 g/mol. The average molecular weight is 1420 g/mol. The largest absolute Gasteiger partial charge is 0.414 e. The molecule has 15 heteroatoms. The number of hydrogen-bond donors (Lipinski definition) is 2. The van der Waals surface area contributed by atoms with Crippen LogP contribution in [0.15, 0.2) is 34.2 Å². The van der Waals surface area contributed by atoms with Crippen LogP contribution in [0.2, 0.25) is 36.3 Å². The molecule has 0 aromatic carbocycles. The van der Waals surface area contributed by atoms with Gasteiger partial charge >= 0.3 is 0 Å². The van der Waals surface area contributed by atoms with E-state index in [0.29, 0.717) is 83.2 Å². The summed E-state index contributed by atoms with van der Waals surface area (Å²) in [6.07, 6.45) is 22.8. The zero-order chi connectivity index (χ0) is 72.3. The maximum Gasteiger partial charge on any atom is 0.192 e. The lowest BCUT2D eigenvalue weighted by atomic mass is 9.43. The first kappa shape index (κ1) is 76.2. The topological polar surface area (TPSA) is 114 Å². The third-order valence-electron chi connectivity index (χ3n) is 33.7. The molecule has 99 heavy (non-hydrogen) atoms. The number of aliphatic hydroxyl groups excluding tert-OH is 2. The molecule has 3 heterocycles. The van der Waals surface area contributed by atoms with E-state index in [-0.39, 0.29) is 103 Å². The van der Waals surface area contributed by atoms with Crippen LogP contribution in [0.3, 0.4) is 0 Å². The van der Waals surface area contributed by atoms with Gasteiger partial charge in [0, 0.05) is 12.2 Å². The van der Waals surface area contributed by atoms with E-state index >= 15 is 0 Å². The van der Waals surface area contributed by atoms with Crippen molar-refractivity contribution in [1.82, 2.24) is 0 Å². The van der Waals surface area contributed by atoms with Gasteiger partial charge in [-0.1, -0.05) is 83.1 Å². The number of halogens is 3. The van der Waals surface area contributed by atoms with Gasteiger partial charge in [0.05, 0.1) is 61.0 Å². The van der Waals surface area contributed by atoms with Crippen LogP contribution in [0, 0.1) is 104 Å². The molecule has 0 aromatic heterocycles. The van der Waals surface area contributed by atoms with Gasteiger partial charge in [-0.2, -0.15) is 0 Å². The van der Waals surface area contributed by atoms with Crippen LogP contribution in [-0.2, 0) is 37.3 Å². The molecule has 15 fully saturated rings. The van der Waals surface area contributed by atoms with Crippen molar-refractivity contribution in [3.05, 3.63) is 34.2 Å². The molecule has 564 valence electrons. The van der Waals surface area contributed by atoms with Crippen molar-refractivity contribution in [2.75, 3.05) is 6.61 Å². The molecular weight excluding hydrogens is 1280 g/mol. The molecular formula is C84H139F3O10Si2. The Kier molecular flexibility index (Phi) is 19.5. The highest BCUT2D eigenvalue weighted by molar-refractivity contribution is 6.74. The summed E-state index contributed by atoms with van der Waals surface area (Å²) in [5, 5.41) is 20.5. The third-order valence-corrected chi connectivity index (χ3v) is 42.7. The van der Waals surface area contributed by atoms with E-state index in [0.717, 1.165) is 132 Å². The van der Waals surface area contributed by atoms with Crippen molar-refractivity contribution >= 4 is 16.6 Å². The second-order valence-corrected chi connectivity index (χ2v) is 51.4. The lowest BCUT2D eigenvalue weighted by Gasteiger charge is -2.63. The van der Waals surface area contributed by atoms with Crippen LogP contribution < -0.4 is 0 Å². The van der Waals surface area contributed by atoms with Crippen molar-refractivity contribution in [1.29, 1.82) is 0 Å². The molecule has 0 radical (unpaired) electrons. The Balaban J connectivity index is 0.000000134. The fraction of sp³-hybridized carbons (Fsp3) is 0.929. The number of aliphatic hydroxyl groups is 2. The van der Waals surface area contributed by atoms with Gasteiger partial charge in [0.15, 0.2) is 34.0 Å². The van der Waals surface area contributed by atoms with Crippen LogP contribution in [-0.4, -0.2) is 106 Å². The first-order chi connectivity index (χ1) is 45.6. The highest BCUT2D eigenvalue weighted by Gasteiger charge is 2.73. The first-order valence-corrected chi connectivity index (χ1v) is 46.2. The summed E-state index contributed by atoms with van der Waals surface area (Å²) in [6, 6.07) is 0. The van der Waals surface area contributed by atoms with Crippen LogP contribution in [0.1, 0.15) is 273 Å². The van der Waals surface area contributed by atoms with E-state index < -0.39 is 40.6 Å².